The van der Waals surface area contributed by atoms with E-state index in [2.05, 4.69) is 27.8 Å². The Kier molecular flexibility index (Phi) is 9.99. The second-order valence-electron chi connectivity index (χ2n) is 8.12. The molecular formula is C28H34N4O3. The zero-order valence-electron chi connectivity index (χ0n) is 20.4. The van der Waals surface area contributed by atoms with Gasteiger partial charge in [-0.3, -0.25) is 9.79 Å². The van der Waals surface area contributed by atoms with E-state index in [1.54, 1.807) is 14.2 Å². The lowest BCUT2D eigenvalue weighted by Crippen LogP contribution is -2.50. The summed E-state index contributed by atoms with van der Waals surface area (Å²) in [7, 11) is 3.22. The van der Waals surface area contributed by atoms with Crippen LogP contribution in [0, 0.1) is 0 Å². The number of ether oxygens (including phenoxy) is 2. The highest BCUT2D eigenvalue weighted by atomic mass is 16.5. The zero-order chi connectivity index (χ0) is 24.9. The van der Waals surface area contributed by atoms with Crippen molar-refractivity contribution in [2.45, 2.75) is 25.3 Å². The molecule has 0 aliphatic carbocycles. The SMILES string of the molecule is COc1ccc(CCN=C(N)NC(Cc2ccccc2)C(=O)NCCc2ccccc2)cc1OC. The quantitative estimate of drug-likeness (QED) is 0.277. The van der Waals surface area contributed by atoms with Crippen molar-refractivity contribution in [3.05, 3.63) is 95.6 Å². The van der Waals surface area contributed by atoms with Gasteiger partial charge in [-0.25, -0.2) is 0 Å². The number of carbonyl (C=O) groups excluding carboxylic acids is 1. The van der Waals surface area contributed by atoms with Crippen molar-refractivity contribution in [3.63, 3.8) is 0 Å². The number of hydrogen-bond acceptors (Lipinski definition) is 4. The number of nitrogens with two attached hydrogens (primary N) is 1. The fourth-order valence-electron chi connectivity index (χ4n) is 3.72. The molecule has 0 aliphatic rings. The van der Waals surface area contributed by atoms with Gasteiger partial charge in [-0.15, -0.1) is 0 Å². The van der Waals surface area contributed by atoms with Crippen molar-refractivity contribution in [3.8, 4) is 11.5 Å². The van der Waals surface area contributed by atoms with Crippen molar-refractivity contribution in [2.24, 2.45) is 10.7 Å². The summed E-state index contributed by atoms with van der Waals surface area (Å²) in [6.45, 7) is 1.02. The van der Waals surface area contributed by atoms with Crippen LogP contribution in [0.3, 0.4) is 0 Å². The van der Waals surface area contributed by atoms with Crippen molar-refractivity contribution >= 4 is 11.9 Å². The molecule has 0 aliphatic heterocycles. The van der Waals surface area contributed by atoms with Crippen molar-refractivity contribution in [2.75, 3.05) is 27.3 Å². The normalized spacial score (nSPS) is 12.0. The van der Waals surface area contributed by atoms with E-state index in [1.165, 1.54) is 5.56 Å². The van der Waals surface area contributed by atoms with Crippen LogP contribution in [0.2, 0.25) is 0 Å². The number of nitrogens with zero attached hydrogens (tertiary/aromatic N) is 1. The number of amides is 1. The van der Waals surface area contributed by atoms with Crippen LogP contribution in [0.25, 0.3) is 0 Å². The van der Waals surface area contributed by atoms with Gasteiger partial charge in [-0.05, 0) is 41.7 Å². The monoisotopic (exact) mass is 474 g/mol. The number of benzene rings is 3. The Bertz CT molecular complexity index is 1090. The molecule has 184 valence electrons. The van der Waals surface area contributed by atoms with Gasteiger partial charge in [-0.1, -0.05) is 66.7 Å². The second-order valence-corrected chi connectivity index (χ2v) is 8.12. The summed E-state index contributed by atoms with van der Waals surface area (Å²) >= 11 is 0. The van der Waals surface area contributed by atoms with Gasteiger partial charge in [-0.2, -0.15) is 0 Å². The van der Waals surface area contributed by atoms with Gasteiger partial charge < -0.3 is 25.8 Å². The third kappa shape index (κ3) is 8.37. The lowest BCUT2D eigenvalue weighted by molar-refractivity contribution is -0.122. The number of carbonyl (C=O) groups is 1. The van der Waals surface area contributed by atoms with Crippen LogP contribution < -0.4 is 25.8 Å². The van der Waals surface area contributed by atoms with E-state index in [0.717, 1.165) is 17.5 Å². The number of methoxy groups -OCH3 is 2. The first kappa shape index (κ1) is 25.6. The Hall–Kier alpha value is -4.00. The van der Waals surface area contributed by atoms with Crippen LogP contribution >= 0.6 is 0 Å². The van der Waals surface area contributed by atoms with Gasteiger partial charge in [0.25, 0.3) is 0 Å². The molecule has 35 heavy (non-hydrogen) atoms. The predicted octanol–water partition coefficient (Wildman–Crippen LogP) is 3.12. The molecule has 0 saturated heterocycles. The Balaban J connectivity index is 1.58. The molecule has 4 N–H and O–H groups in total. The fourth-order valence-corrected chi connectivity index (χ4v) is 3.72. The summed E-state index contributed by atoms with van der Waals surface area (Å²) in [6, 6.07) is 25.2. The van der Waals surface area contributed by atoms with Crippen LogP contribution in [-0.4, -0.2) is 45.2 Å². The van der Waals surface area contributed by atoms with Gasteiger partial charge in [0.2, 0.25) is 5.91 Å². The van der Waals surface area contributed by atoms with E-state index < -0.39 is 6.04 Å². The number of nitrogens with one attached hydrogen (secondary N) is 2. The van der Waals surface area contributed by atoms with Crippen LogP contribution in [0.5, 0.6) is 11.5 Å². The third-order valence-electron chi connectivity index (χ3n) is 5.61. The van der Waals surface area contributed by atoms with Crippen LogP contribution in [0.15, 0.2) is 83.9 Å². The minimum absolute atomic E-state index is 0.108. The fraction of sp³-hybridized carbons (Fsp3) is 0.286. The molecule has 0 heterocycles. The molecule has 0 aromatic heterocycles. The topological polar surface area (TPSA) is 98.0 Å². The molecule has 3 rings (SSSR count). The first-order chi connectivity index (χ1) is 17.1. The molecule has 3 aromatic carbocycles. The highest BCUT2D eigenvalue weighted by molar-refractivity contribution is 5.88. The van der Waals surface area contributed by atoms with Crippen LogP contribution in [0.1, 0.15) is 16.7 Å². The van der Waals surface area contributed by atoms with E-state index in [-0.39, 0.29) is 11.9 Å². The smallest absolute Gasteiger partial charge is 0.242 e. The van der Waals surface area contributed by atoms with Crippen molar-refractivity contribution in [1.82, 2.24) is 10.6 Å². The van der Waals surface area contributed by atoms with Crippen molar-refractivity contribution in [1.29, 1.82) is 0 Å². The Morgan fingerprint density at radius 1 is 0.857 bits per heavy atom. The highest BCUT2D eigenvalue weighted by Crippen LogP contribution is 2.27. The first-order valence-electron chi connectivity index (χ1n) is 11.7. The number of guanidine groups is 1. The zero-order valence-corrected chi connectivity index (χ0v) is 20.4. The summed E-state index contributed by atoms with van der Waals surface area (Å²) < 4.78 is 10.6. The van der Waals surface area contributed by atoms with Crippen LogP contribution in [-0.2, 0) is 24.1 Å². The summed E-state index contributed by atoms with van der Waals surface area (Å²) in [4.78, 5) is 17.4. The summed E-state index contributed by atoms with van der Waals surface area (Å²) in [5, 5.41) is 6.14. The molecule has 0 radical (unpaired) electrons. The van der Waals surface area contributed by atoms with Crippen LogP contribution in [0.4, 0.5) is 0 Å². The molecule has 1 atom stereocenters. The molecular weight excluding hydrogens is 440 g/mol. The summed E-state index contributed by atoms with van der Waals surface area (Å²) in [5.74, 6) is 1.49. The van der Waals surface area contributed by atoms with E-state index in [9.17, 15) is 4.79 Å². The second kappa shape index (κ2) is 13.6. The number of hydrogen-bond donors (Lipinski definition) is 3. The standard InChI is InChI=1S/C28H34N4O3/c1-34-25-14-13-23(20-26(25)35-2)16-18-31-28(29)32-24(19-22-11-7-4-8-12-22)27(33)30-17-15-21-9-5-3-6-10-21/h3-14,20,24H,15-19H2,1-2H3,(H,30,33)(H3,29,31,32). The maximum atomic E-state index is 13.0. The Labute approximate surface area is 207 Å². The number of aliphatic imine (C=N–C) groups is 1. The lowest BCUT2D eigenvalue weighted by atomic mass is 10.1. The van der Waals surface area contributed by atoms with E-state index >= 15 is 0 Å². The molecule has 3 aromatic rings. The molecule has 0 fully saturated rings. The molecule has 7 nitrogen and oxygen atoms in total. The summed E-state index contributed by atoms with van der Waals surface area (Å²) in [6.07, 6.45) is 1.94. The van der Waals surface area contributed by atoms with Crippen molar-refractivity contribution < 1.29 is 14.3 Å². The predicted molar refractivity (Wildman–Crippen MR) is 140 cm³/mol. The minimum atomic E-state index is -0.530. The molecule has 1 amide bonds. The Morgan fingerprint density at radius 2 is 1.51 bits per heavy atom. The van der Waals surface area contributed by atoms with Gasteiger partial charge >= 0.3 is 0 Å². The average molecular weight is 475 g/mol. The van der Waals surface area contributed by atoms with Gasteiger partial charge in [0.15, 0.2) is 17.5 Å². The van der Waals surface area contributed by atoms with E-state index in [0.29, 0.717) is 37.4 Å². The highest BCUT2D eigenvalue weighted by Gasteiger charge is 2.19. The molecule has 0 spiro atoms. The third-order valence-corrected chi connectivity index (χ3v) is 5.61. The summed E-state index contributed by atoms with van der Waals surface area (Å²) in [5.41, 5.74) is 9.44. The van der Waals surface area contributed by atoms with Gasteiger partial charge in [0.1, 0.15) is 6.04 Å². The average Bonchev–Trinajstić information content (AvgIpc) is 2.89. The molecule has 0 bridgehead atoms. The van der Waals surface area contributed by atoms with Gasteiger partial charge in [0.05, 0.1) is 14.2 Å². The maximum absolute atomic E-state index is 13.0. The molecule has 7 heteroatoms. The molecule has 0 saturated carbocycles. The van der Waals surface area contributed by atoms with E-state index in [1.807, 2.05) is 66.7 Å². The largest absolute Gasteiger partial charge is 0.493 e. The van der Waals surface area contributed by atoms with E-state index in [4.69, 9.17) is 15.2 Å². The Morgan fingerprint density at radius 3 is 2.17 bits per heavy atom. The first-order valence-corrected chi connectivity index (χ1v) is 11.7. The number of rotatable bonds is 12. The maximum Gasteiger partial charge on any atom is 0.242 e. The molecule has 1 unspecified atom stereocenters. The lowest BCUT2D eigenvalue weighted by Gasteiger charge is -2.19. The minimum Gasteiger partial charge on any atom is -0.493 e. The van der Waals surface area contributed by atoms with Gasteiger partial charge in [0, 0.05) is 19.5 Å².